The monoisotopic (exact) mass is 178 g/mol. The number of aldehydes is 1. The van der Waals surface area contributed by atoms with E-state index in [-0.39, 0.29) is 17.2 Å². The Labute approximate surface area is 76.6 Å². The molecule has 0 N–H and O–H groups in total. The molecule has 2 atom stereocenters. The third kappa shape index (κ3) is 1.26. The number of hydrogen-bond acceptors (Lipinski definition) is 1. The van der Waals surface area contributed by atoms with Crippen molar-refractivity contribution in [2.45, 2.75) is 18.8 Å². The molecule has 2 unspecified atom stereocenters. The van der Waals surface area contributed by atoms with E-state index in [0.29, 0.717) is 0 Å². The van der Waals surface area contributed by atoms with Crippen LogP contribution in [0.2, 0.25) is 0 Å². The fraction of sp³-hybridized carbons (Fsp3) is 0.364. The van der Waals surface area contributed by atoms with Gasteiger partial charge in [-0.1, -0.05) is 19.1 Å². The molecular weight excluding hydrogens is 167 g/mol. The lowest BCUT2D eigenvalue weighted by Crippen LogP contribution is -2.05. The lowest BCUT2D eigenvalue weighted by Gasteiger charge is -2.08. The predicted octanol–water partition coefficient (Wildman–Crippen LogP) is 2.30. The van der Waals surface area contributed by atoms with Gasteiger partial charge in [-0.3, -0.25) is 0 Å². The van der Waals surface area contributed by atoms with Gasteiger partial charge in [0.25, 0.3) is 0 Å². The third-order valence-electron chi connectivity index (χ3n) is 2.95. The van der Waals surface area contributed by atoms with E-state index in [1.54, 1.807) is 6.07 Å². The van der Waals surface area contributed by atoms with Gasteiger partial charge in [-0.05, 0) is 24.1 Å². The van der Waals surface area contributed by atoms with Gasteiger partial charge in [0, 0.05) is 11.3 Å². The van der Waals surface area contributed by atoms with Crippen LogP contribution >= 0.6 is 0 Å². The number of carbonyl (C=O) groups is 1. The van der Waals surface area contributed by atoms with E-state index < -0.39 is 0 Å². The maximum absolute atomic E-state index is 12.9. The van der Waals surface area contributed by atoms with E-state index in [1.807, 2.05) is 13.0 Å². The summed E-state index contributed by atoms with van der Waals surface area (Å²) >= 11 is 0. The summed E-state index contributed by atoms with van der Waals surface area (Å²) in [6, 6.07) is 6.51. The van der Waals surface area contributed by atoms with Crippen molar-refractivity contribution in [3.8, 4) is 0 Å². The Hall–Kier alpha value is -1.18. The summed E-state index contributed by atoms with van der Waals surface area (Å²) in [5, 5.41) is 0. The zero-order chi connectivity index (χ0) is 9.47. The maximum atomic E-state index is 12.9. The zero-order valence-corrected chi connectivity index (χ0v) is 7.46. The highest BCUT2D eigenvalue weighted by Gasteiger charge is 2.51. The maximum Gasteiger partial charge on any atom is 0.123 e. The molecule has 1 fully saturated rings. The van der Waals surface area contributed by atoms with Crippen molar-refractivity contribution in [1.29, 1.82) is 0 Å². The Morgan fingerprint density at radius 3 is 2.92 bits per heavy atom. The summed E-state index contributed by atoms with van der Waals surface area (Å²) in [7, 11) is 0. The highest BCUT2D eigenvalue weighted by atomic mass is 19.1. The lowest BCUT2D eigenvalue weighted by atomic mass is 9.96. The molecule has 0 amide bonds. The van der Waals surface area contributed by atoms with E-state index in [0.717, 1.165) is 18.3 Å². The van der Waals surface area contributed by atoms with Crippen molar-refractivity contribution in [1.82, 2.24) is 0 Å². The molecule has 13 heavy (non-hydrogen) atoms. The van der Waals surface area contributed by atoms with Gasteiger partial charge in [0.05, 0.1) is 0 Å². The first kappa shape index (κ1) is 8.42. The van der Waals surface area contributed by atoms with E-state index in [2.05, 4.69) is 0 Å². The second-order valence-corrected chi connectivity index (χ2v) is 3.87. The topological polar surface area (TPSA) is 17.1 Å². The van der Waals surface area contributed by atoms with Crippen molar-refractivity contribution in [2.75, 3.05) is 0 Å². The first-order valence-electron chi connectivity index (χ1n) is 4.38. The van der Waals surface area contributed by atoms with Crippen LogP contribution in [0.25, 0.3) is 0 Å². The molecule has 1 aromatic rings. The average molecular weight is 178 g/mol. The Bertz CT molecular complexity index is 348. The van der Waals surface area contributed by atoms with Gasteiger partial charge in [-0.2, -0.15) is 0 Å². The molecule has 0 aromatic heterocycles. The molecule has 2 rings (SSSR count). The fourth-order valence-electron chi connectivity index (χ4n) is 1.77. The summed E-state index contributed by atoms with van der Waals surface area (Å²) in [5.41, 5.74) is 0.828. The lowest BCUT2D eigenvalue weighted by molar-refractivity contribution is -0.109. The molecule has 1 nitrogen and oxygen atoms in total. The van der Waals surface area contributed by atoms with Crippen LogP contribution in [0.5, 0.6) is 0 Å². The van der Waals surface area contributed by atoms with Crippen molar-refractivity contribution >= 4 is 6.29 Å². The first-order chi connectivity index (χ1) is 6.16. The molecular formula is C11H11FO. The molecule has 0 saturated heterocycles. The molecule has 1 aromatic carbocycles. The van der Waals surface area contributed by atoms with Crippen molar-refractivity contribution < 1.29 is 9.18 Å². The molecule has 0 bridgehead atoms. The van der Waals surface area contributed by atoms with Crippen LogP contribution in [0, 0.1) is 11.7 Å². The second kappa shape index (κ2) is 2.66. The van der Waals surface area contributed by atoms with Crippen molar-refractivity contribution in [2.24, 2.45) is 5.92 Å². The number of benzene rings is 1. The first-order valence-corrected chi connectivity index (χ1v) is 4.38. The Balaban J connectivity index is 2.32. The Morgan fingerprint density at radius 1 is 1.62 bits per heavy atom. The van der Waals surface area contributed by atoms with Crippen LogP contribution in [0.15, 0.2) is 24.3 Å². The largest absolute Gasteiger partial charge is 0.303 e. The molecule has 1 aliphatic rings. The summed E-state index contributed by atoms with van der Waals surface area (Å²) in [4.78, 5) is 10.5. The Morgan fingerprint density at radius 2 is 2.38 bits per heavy atom. The number of halogens is 1. The normalized spacial score (nSPS) is 31.4. The zero-order valence-electron chi connectivity index (χ0n) is 7.46. The van der Waals surface area contributed by atoms with Crippen LogP contribution in [0.1, 0.15) is 18.9 Å². The van der Waals surface area contributed by atoms with E-state index >= 15 is 0 Å². The smallest absolute Gasteiger partial charge is 0.123 e. The van der Waals surface area contributed by atoms with Gasteiger partial charge in [0.1, 0.15) is 12.1 Å². The van der Waals surface area contributed by atoms with Gasteiger partial charge in [-0.25, -0.2) is 4.39 Å². The van der Waals surface area contributed by atoms with Gasteiger partial charge in [0.2, 0.25) is 0 Å². The Kier molecular flexibility index (Phi) is 1.72. The van der Waals surface area contributed by atoms with E-state index in [4.69, 9.17) is 0 Å². The average Bonchev–Trinajstić information content (AvgIpc) is 2.79. The van der Waals surface area contributed by atoms with Crippen molar-refractivity contribution in [3.05, 3.63) is 35.6 Å². The van der Waals surface area contributed by atoms with Crippen LogP contribution in [0.3, 0.4) is 0 Å². The molecule has 2 heteroatoms. The van der Waals surface area contributed by atoms with Crippen molar-refractivity contribution in [3.63, 3.8) is 0 Å². The molecule has 1 saturated carbocycles. The molecule has 0 heterocycles. The highest BCUT2D eigenvalue weighted by Crippen LogP contribution is 2.52. The van der Waals surface area contributed by atoms with Gasteiger partial charge in [-0.15, -0.1) is 0 Å². The SMILES string of the molecule is CC1(c2cccc(F)c2)CC1C=O. The van der Waals surface area contributed by atoms with Gasteiger partial charge in [0.15, 0.2) is 0 Å². The minimum atomic E-state index is -0.227. The summed E-state index contributed by atoms with van der Waals surface area (Å²) in [6.45, 7) is 2.00. The van der Waals surface area contributed by atoms with Crippen LogP contribution in [-0.4, -0.2) is 6.29 Å². The summed E-state index contributed by atoms with van der Waals surface area (Å²) in [6.07, 6.45) is 1.81. The van der Waals surface area contributed by atoms with Crippen LogP contribution in [-0.2, 0) is 10.2 Å². The minimum absolute atomic E-state index is 0.0781. The number of carbonyl (C=O) groups excluding carboxylic acids is 1. The van der Waals surface area contributed by atoms with Gasteiger partial charge >= 0.3 is 0 Å². The third-order valence-corrected chi connectivity index (χ3v) is 2.95. The van der Waals surface area contributed by atoms with Crippen LogP contribution < -0.4 is 0 Å². The highest BCUT2D eigenvalue weighted by molar-refractivity contribution is 5.64. The summed E-state index contributed by atoms with van der Waals surface area (Å²) < 4.78 is 12.9. The molecule has 68 valence electrons. The van der Waals surface area contributed by atoms with E-state index in [9.17, 15) is 9.18 Å². The predicted molar refractivity (Wildman–Crippen MR) is 47.9 cm³/mol. The molecule has 0 aliphatic heterocycles. The molecule has 0 spiro atoms. The number of rotatable bonds is 2. The summed E-state index contributed by atoms with van der Waals surface area (Å²) in [5.74, 6) is -0.149. The van der Waals surface area contributed by atoms with Gasteiger partial charge < -0.3 is 4.79 Å². The standard InChI is InChI=1S/C11H11FO/c1-11(6-9(11)7-13)8-3-2-4-10(12)5-8/h2-5,7,9H,6H2,1H3. The van der Waals surface area contributed by atoms with E-state index in [1.165, 1.54) is 12.1 Å². The molecule has 0 radical (unpaired) electrons. The number of hydrogen-bond donors (Lipinski definition) is 0. The minimum Gasteiger partial charge on any atom is -0.303 e. The fourth-order valence-corrected chi connectivity index (χ4v) is 1.77. The van der Waals surface area contributed by atoms with Crippen LogP contribution in [0.4, 0.5) is 4.39 Å². The second-order valence-electron chi connectivity index (χ2n) is 3.87. The quantitative estimate of drug-likeness (QED) is 0.635. The molecule has 1 aliphatic carbocycles.